The molecule has 1 unspecified atom stereocenters. The molecule has 0 fully saturated rings. The lowest BCUT2D eigenvalue weighted by atomic mass is 10.1. The van der Waals surface area contributed by atoms with Crippen molar-refractivity contribution in [2.75, 3.05) is 6.61 Å². The van der Waals surface area contributed by atoms with Crippen LogP contribution >= 0.6 is 0 Å². The summed E-state index contributed by atoms with van der Waals surface area (Å²) in [6, 6.07) is 10.6. The maximum Gasteiger partial charge on any atom is 0.277 e. The minimum absolute atomic E-state index is 0.192. The molecule has 0 spiro atoms. The van der Waals surface area contributed by atoms with Crippen LogP contribution in [-0.4, -0.2) is 35.7 Å². The van der Waals surface area contributed by atoms with E-state index in [9.17, 15) is 13.2 Å². The van der Waals surface area contributed by atoms with Gasteiger partial charge < -0.3 is 10.5 Å². The summed E-state index contributed by atoms with van der Waals surface area (Å²) in [6.45, 7) is 2.53. The van der Waals surface area contributed by atoms with Crippen LogP contribution < -0.4 is 10.5 Å². The highest BCUT2D eigenvalue weighted by molar-refractivity contribution is 7.87. The summed E-state index contributed by atoms with van der Waals surface area (Å²) >= 11 is 0. The largest absolute Gasteiger partial charge is 0.493 e. The molecule has 0 radical (unpaired) electrons. The van der Waals surface area contributed by atoms with E-state index < -0.39 is 21.3 Å². The molecule has 2 rings (SSSR count). The highest BCUT2D eigenvalue weighted by atomic mass is 32.2. The Bertz CT molecular complexity index is 833. The summed E-state index contributed by atoms with van der Waals surface area (Å²) in [7, 11) is -4.54. The summed E-state index contributed by atoms with van der Waals surface area (Å²) in [5.74, 6) is -0.476. The minimum Gasteiger partial charge on any atom is -0.493 e. The van der Waals surface area contributed by atoms with Gasteiger partial charge in [0, 0.05) is 24.7 Å². The van der Waals surface area contributed by atoms with Crippen LogP contribution in [0, 0.1) is 0 Å². The van der Waals surface area contributed by atoms with E-state index in [0.29, 0.717) is 24.3 Å². The SMILES string of the molecule is CCc1ccc(CCOc2ccc(CC(C(N)=O)S(=O)(=O)O)cc2)nc1. The number of carbonyl (C=O) groups excluding carboxylic acids is 1. The van der Waals surface area contributed by atoms with Gasteiger partial charge in [-0.15, -0.1) is 0 Å². The van der Waals surface area contributed by atoms with Crippen molar-refractivity contribution in [1.82, 2.24) is 4.98 Å². The van der Waals surface area contributed by atoms with E-state index in [1.807, 2.05) is 18.3 Å². The summed E-state index contributed by atoms with van der Waals surface area (Å²) in [6.07, 6.45) is 3.28. The second-order valence-electron chi connectivity index (χ2n) is 5.86. The lowest BCUT2D eigenvalue weighted by Gasteiger charge is -2.11. The Kier molecular flexibility index (Phi) is 6.70. The number of aromatic nitrogens is 1. The van der Waals surface area contributed by atoms with Gasteiger partial charge in [-0.05, 0) is 35.7 Å². The number of carbonyl (C=O) groups is 1. The molecule has 1 heterocycles. The summed E-state index contributed by atoms with van der Waals surface area (Å²) in [4.78, 5) is 15.5. The Balaban J connectivity index is 1.89. The first kappa shape index (κ1) is 19.9. The van der Waals surface area contributed by atoms with Crippen molar-refractivity contribution in [3.63, 3.8) is 0 Å². The van der Waals surface area contributed by atoms with E-state index in [2.05, 4.69) is 11.9 Å². The van der Waals surface area contributed by atoms with Crippen molar-refractivity contribution < 1.29 is 22.5 Å². The first-order chi connectivity index (χ1) is 12.3. The molecule has 1 aromatic carbocycles. The van der Waals surface area contributed by atoms with E-state index >= 15 is 0 Å². The van der Waals surface area contributed by atoms with Crippen LogP contribution in [-0.2, 0) is 34.2 Å². The monoisotopic (exact) mass is 378 g/mol. The third-order valence-electron chi connectivity index (χ3n) is 3.94. The van der Waals surface area contributed by atoms with Gasteiger partial charge in [-0.3, -0.25) is 14.3 Å². The molecule has 0 aliphatic rings. The molecule has 26 heavy (non-hydrogen) atoms. The highest BCUT2D eigenvalue weighted by Gasteiger charge is 2.29. The average Bonchev–Trinajstić information content (AvgIpc) is 2.60. The van der Waals surface area contributed by atoms with Gasteiger partial charge in [0.25, 0.3) is 10.1 Å². The first-order valence-corrected chi connectivity index (χ1v) is 9.71. The second-order valence-corrected chi connectivity index (χ2v) is 7.46. The zero-order valence-electron chi connectivity index (χ0n) is 14.5. The number of hydrogen-bond donors (Lipinski definition) is 2. The molecule has 0 saturated heterocycles. The second kappa shape index (κ2) is 8.77. The number of pyridine rings is 1. The van der Waals surface area contributed by atoms with E-state index in [1.54, 1.807) is 24.3 Å². The zero-order chi connectivity index (χ0) is 19.2. The fraction of sp³-hybridized carbons (Fsp3) is 0.333. The maximum absolute atomic E-state index is 11.2. The van der Waals surface area contributed by atoms with Crippen LogP contribution in [0.4, 0.5) is 0 Å². The van der Waals surface area contributed by atoms with E-state index in [0.717, 1.165) is 12.1 Å². The van der Waals surface area contributed by atoms with Gasteiger partial charge in [-0.2, -0.15) is 8.42 Å². The number of nitrogens with two attached hydrogens (primary N) is 1. The van der Waals surface area contributed by atoms with Crippen LogP contribution in [0.1, 0.15) is 23.7 Å². The molecular weight excluding hydrogens is 356 g/mol. The topological polar surface area (TPSA) is 120 Å². The number of aryl methyl sites for hydroxylation is 1. The summed E-state index contributed by atoms with van der Waals surface area (Å²) < 4.78 is 37.1. The molecular formula is C18H22N2O5S. The van der Waals surface area contributed by atoms with Crippen LogP contribution in [0.5, 0.6) is 5.75 Å². The Morgan fingerprint density at radius 3 is 2.35 bits per heavy atom. The Hall–Kier alpha value is -2.45. The molecule has 1 atom stereocenters. The molecule has 7 nitrogen and oxygen atoms in total. The molecule has 0 bridgehead atoms. The smallest absolute Gasteiger partial charge is 0.277 e. The number of rotatable bonds is 9. The summed E-state index contributed by atoms with van der Waals surface area (Å²) in [5.41, 5.74) is 7.71. The Labute approximate surface area is 153 Å². The van der Waals surface area contributed by atoms with Crippen LogP contribution in [0.25, 0.3) is 0 Å². The third-order valence-corrected chi connectivity index (χ3v) is 5.06. The van der Waals surface area contributed by atoms with Gasteiger partial charge >= 0.3 is 0 Å². The lowest BCUT2D eigenvalue weighted by molar-refractivity contribution is -0.117. The first-order valence-electron chi connectivity index (χ1n) is 8.20. The van der Waals surface area contributed by atoms with Gasteiger partial charge in [0.15, 0.2) is 5.25 Å². The number of hydrogen-bond acceptors (Lipinski definition) is 5. The summed E-state index contributed by atoms with van der Waals surface area (Å²) in [5, 5.41) is -1.66. The van der Waals surface area contributed by atoms with Crippen LogP contribution in [0.15, 0.2) is 42.6 Å². The van der Waals surface area contributed by atoms with Crippen LogP contribution in [0.2, 0.25) is 0 Å². The van der Waals surface area contributed by atoms with Gasteiger partial charge in [0.2, 0.25) is 5.91 Å². The fourth-order valence-corrected chi connectivity index (χ4v) is 3.07. The Morgan fingerprint density at radius 1 is 1.19 bits per heavy atom. The van der Waals surface area contributed by atoms with Crippen molar-refractivity contribution >= 4 is 16.0 Å². The molecule has 2 aromatic rings. The van der Waals surface area contributed by atoms with Gasteiger partial charge in [-0.25, -0.2) is 0 Å². The number of nitrogens with zero attached hydrogens (tertiary/aromatic N) is 1. The highest BCUT2D eigenvalue weighted by Crippen LogP contribution is 2.16. The normalized spacial score (nSPS) is 12.5. The van der Waals surface area contributed by atoms with Crippen molar-refractivity contribution in [3.05, 3.63) is 59.4 Å². The number of benzene rings is 1. The number of ether oxygens (including phenoxy) is 1. The standard InChI is InChI=1S/C18H22N2O5S/c1-2-13-3-6-15(20-12-13)9-10-25-16-7-4-14(5-8-16)11-17(18(19)21)26(22,23)24/h3-8,12,17H,2,9-11H2,1H3,(H2,19,21)(H,22,23,24). The average molecular weight is 378 g/mol. The van der Waals surface area contributed by atoms with E-state index in [1.165, 1.54) is 5.56 Å². The molecule has 1 amide bonds. The predicted octanol–water partition coefficient (Wildman–Crippen LogP) is 1.55. The molecule has 8 heteroatoms. The molecule has 0 saturated carbocycles. The number of amides is 1. The van der Waals surface area contributed by atoms with E-state index in [-0.39, 0.29) is 6.42 Å². The Morgan fingerprint density at radius 2 is 1.85 bits per heavy atom. The van der Waals surface area contributed by atoms with Gasteiger partial charge in [-0.1, -0.05) is 25.1 Å². The van der Waals surface area contributed by atoms with Crippen LogP contribution in [0.3, 0.4) is 0 Å². The van der Waals surface area contributed by atoms with Gasteiger partial charge in [0.05, 0.1) is 6.61 Å². The van der Waals surface area contributed by atoms with Crippen molar-refractivity contribution in [1.29, 1.82) is 0 Å². The molecule has 3 N–H and O–H groups in total. The van der Waals surface area contributed by atoms with E-state index in [4.69, 9.17) is 15.0 Å². The molecule has 1 aromatic heterocycles. The van der Waals surface area contributed by atoms with Crippen molar-refractivity contribution in [2.24, 2.45) is 5.73 Å². The molecule has 0 aliphatic heterocycles. The lowest BCUT2D eigenvalue weighted by Crippen LogP contribution is -2.37. The van der Waals surface area contributed by atoms with Crippen molar-refractivity contribution in [2.45, 2.75) is 31.4 Å². The minimum atomic E-state index is -4.54. The fourth-order valence-electron chi connectivity index (χ4n) is 2.37. The quantitative estimate of drug-likeness (QED) is 0.639. The van der Waals surface area contributed by atoms with Gasteiger partial charge in [0.1, 0.15) is 5.75 Å². The zero-order valence-corrected chi connectivity index (χ0v) is 15.3. The maximum atomic E-state index is 11.2. The molecule has 140 valence electrons. The predicted molar refractivity (Wildman–Crippen MR) is 97.5 cm³/mol. The van der Waals surface area contributed by atoms with Crippen molar-refractivity contribution in [3.8, 4) is 5.75 Å². The molecule has 0 aliphatic carbocycles. The number of primary amides is 1. The third kappa shape index (κ3) is 5.82.